The van der Waals surface area contributed by atoms with Crippen molar-refractivity contribution in [3.05, 3.63) is 33.5 Å². The van der Waals surface area contributed by atoms with Crippen molar-refractivity contribution >= 4 is 27.3 Å². The summed E-state index contributed by atoms with van der Waals surface area (Å²) in [6.07, 6.45) is 1.66. The van der Waals surface area contributed by atoms with Crippen LogP contribution < -0.4 is 5.73 Å². The lowest BCUT2D eigenvalue weighted by atomic mass is 10.2. The van der Waals surface area contributed by atoms with Crippen LogP contribution in [0.15, 0.2) is 22.7 Å². The van der Waals surface area contributed by atoms with Crippen LogP contribution in [-0.2, 0) is 6.42 Å². The van der Waals surface area contributed by atoms with Crippen molar-refractivity contribution in [1.82, 2.24) is 10.2 Å². The average Bonchev–Trinajstić information content (AvgIpc) is 2.75. The van der Waals surface area contributed by atoms with Gasteiger partial charge in [0.2, 0.25) is 0 Å². The fourth-order valence-corrected chi connectivity index (χ4v) is 3.01. The van der Waals surface area contributed by atoms with Gasteiger partial charge in [-0.25, -0.2) is 4.39 Å². The predicted molar refractivity (Wildman–Crippen MR) is 70.4 cm³/mol. The molecule has 0 radical (unpaired) electrons. The minimum Gasteiger partial charge on any atom is -0.330 e. The van der Waals surface area contributed by atoms with Crippen molar-refractivity contribution in [2.24, 2.45) is 5.73 Å². The van der Waals surface area contributed by atoms with Gasteiger partial charge in [0.25, 0.3) is 0 Å². The second kappa shape index (κ2) is 5.66. The smallest absolute Gasteiger partial charge is 0.151 e. The SMILES string of the molecule is NCCCc1nnc(-c2c(F)cccc2Br)s1. The molecule has 0 bridgehead atoms. The maximum atomic E-state index is 13.7. The summed E-state index contributed by atoms with van der Waals surface area (Å²) in [5, 5.41) is 9.54. The van der Waals surface area contributed by atoms with Gasteiger partial charge in [-0.15, -0.1) is 10.2 Å². The molecule has 0 atom stereocenters. The first kappa shape index (κ1) is 12.6. The largest absolute Gasteiger partial charge is 0.330 e. The molecule has 6 heteroatoms. The third kappa shape index (κ3) is 2.88. The van der Waals surface area contributed by atoms with E-state index in [0.29, 0.717) is 21.6 Å². The second-order valence-electron chi connectivity index (χ2n) is 3.49. The van der Waals surface area contributed by atoms with E-state index in [0.717, 1.165) is 17.8 Å². The monoisotopic (exact) mass is 315 g/mol. The van der Waals surface area contributed by atoms with E-state index in [-0.39, 0.29) is 5.82 Å². The fraction of sp³-hybridized carbons (Fsp3) is 0.273. The van der Waals surface area contributed by atoms with Gasteiger partial charge in [0, 0.05) is 10.9 Å². The third-order valence-electron chi connectivity index (χ3n) is 2.24. The maximum absolute atomic E-state index is 13.7. The zero-order chi connectivity index (χ0) is 12.3. The number of nitrogens with zero attached hydrogens (tertiary/aromatic N) is 2. The Morgan fingerprint density at radius 3 is 2.88 bits per heavy atom. The number of hydrogen-bond acceptors (Lipinski definition) is 4. The Morgan fingerprint density at radius 1 is 1.35 bits per heavy atom. The molecule has 0 spiro atoms. The predicted octanol–water partition coefficient (Wildman–Crippen LogP) is 3.00. The molecule has 0 unspecified atom stereocenters. The molecule has 0 fully saturated rings. The van der Waals surface area contributed by atoms with Crippen molar-refractivity contribution in [3.63, 3.8) is 0 Å². The highest BCUT2D eigenvalue weighted by Crippen LogP contribution is 2.32. The number of aromatic nitrogens is 2. The summed E-state index contributed by atoms with van der Waals surface area (Å²) in [6, 6.07) is 4.86. The highest BCUT2D eigenvalue weighted by Gasteiger charge is 2.14. The average molecular weight is 316 g/mol. The molecular formula is C11H11BrFN3S. The first-order valence-corrected chi connectivity index (χ1v) is 6.80. The van der Waals surface area contributed by atoms with Crippen LogP contribution in [0.25, 0.3) is 10.6 Å². The van der Waals surface area contributed by atoms with Crippen molar-refractivity contribution < 1.29 is 4.39 Å². The van der Waals surface area contributed by atoms with E-state index < -0.39 is 0 Å². The van der Waals surface area contributed by atoms with Gasteiger partial charge < -0.3 is 5.73 Å². The van der Waals surface area contributed by atoms with E-state index >= 15 is 0 Å². The standard InChI is InChI=1S/C11H11BrFN3S/c12-7-3-1-4-8(13)10(7)11-16-15-9(17-11)5-2-6-14/h1,3-4H,2,5-6,14H2. The molecule has 0 aliphatic heterocycles. The second-order valence-corrected chi connectivity index (χ2v) is 5.41. The Balaban J connectivity index is 2.30. The summed E-state index contributed by atoms with van der Waals surface area (Å²) >= 11 is 4.73. The van der Waals surface area contributed by atoms with Crippen LogP contribution in [0.4, 0.5) is 4.39 Å². The Morgan fingerprint density at radius 2 is 2.18 bits per heavy atom. The van der Waals surface area contributed by atoms with Gasteiger partial charge in [-0.1, -0.05) is 17.4 Å². The fourth-order valence-electron chi connectivity index (χ4n) is 1.41. The Labute approximate surface area is 111 Å². The summed E-state index contributed by atoms with van der Waals surface area (Å²) in [4.78, 5) is 0. The zero-order valence-electron chi connectivity index (χ0n) is 8.99. The Kier molecular flexibility index (Phi) is 4.20. The van der Waals surface area contributed by atoms with Crippen molar-refractivity contribution in [2.45, 2.75) is 12.8 Å². The molecule has 0 saturated carbocycles. The van der Waals surface area contributed by atoms with Gasteiger partial charge in [0.1, 0.15) is 10.8 Å². The molecule has 0 saturated heterocycles. The number of halogens is 2. The van der Waals surface area contributed by atoms with E-state index in [4.69, 9.17) is 5.73 Å². The number of rotatable bonds is 4. The molecule has 17 heavy (non-hydrogen) atoms. The molecule has 3 nitrogen and oxygen atoms in total. The van der Waals surface area contributed by atoms with E-state index in [1.165, 1.54) is 17.4 Å². The van der Waals surface area contributed by atoms with Crippen LogP contribution in [0.2, 0.25) is 0 Å². The summed E-state index contributed by atoms with van der Waals surface area (Å²) in [7, 11) is 0. The summed E-state index contributed by atoms with van der Waals surface area (Å²) in [5.74, 6) is -0.291. The summed E-state index contributed by atoms with van der Waals surface area (Å²) in [6.45, 7) is 0.623. The molecule has 0 aliphatic rings. The maximum Gasteiger partial charge on any atom is 0.151 e. The van der Waals surface area contributed by atoms with Crippen LogP contribution >= 0.6 is 27.3 Å². The van der Waals surface area contributed by atoms with Gasteiger partial charge in [-0.3, -0.25) is 0 Å². The molecule has 1 heterocycles. The number of benzene rings is 1. The zero-order valence-corrected chi connectivity index (χ0v) is 11.4. The van der Waals surface area contributed by atoms with E-state index in [1.54, 1.807) is 12.1 Å². The lowest BCUT2D eigenvalue weighted by Gasteiger charge is -2.00. The topological polar surface area (TPSA) is 51.8 Å². The normalized spacial score (nSPS) is 10.8. The molecule has 2 N–H and O–H groups in total. The van der Waals surface area contributed by atoms with Crippen molar-refractivity contribution in [1.29, 1.82) is 0 Å². The molecule has 1 aromatic heterocycles. The lowest BCUT2D eigenvalue weighted by Crippen LogP contribution is -1.99. The van der Waals surface area contributed by atoms with Crippen LogP contribution in [0, 0.1) is 5.82 Å². The first-order chi connectivity index (χ1) is 8.22. The molecule has 0 amide bonds. The van der Waals surface area contributed by atoms with Gasteiger partial charge in [-0.05, 0) is 41.0 Å². The number of aryl methyl sites for hydroxylation is 1. The minimum absolute atomic E-state index is 0.291. The van der Waals surface area contributed by atoms with Gasteiger partial charge in [0.05, 0.1) is 5.56 Å². The lowest BCUT2D eigenvalue weighted by molar-refractivity contribution is 0.630. The van der Waals surface area contributed by atoms with Crippen LogP contribution in [0.3, 0.4) is 0 Å². The third-order valence-corrected chi connectivity index (χ3v) is 3.90. The molecule has 90 valence electrons. The molecule has 2 aromatic rings. The Bertz CT molecular complexity index is 495. The van der Waals surface area contributed by atoms with Gasteiger partial charge in [-0.2, -0.15) is 0 Å². The van der Waals surface area contributed by atoms with E-state index in [2.05, 4.69) is 26.1 Å². The summed E-state index contributed by atoms with van der Waals surface area (Å²) < 4.78 is 14.4. The highest BCUT2D eigenvalue weighted by atomic mass is 79.9. The number of nitrogens with two attached hydrogens (primary N) is 1. The van der Waals surface area contributed by atoms with Gasteiger partial charge >= 0.3 is 0 Å². The van der Waals surface area contributed by atoms with E-state index in [1.807, 2.05) is 0 Å². The molecule has 0 aliphatic carbocycles. The van der Waals surface area contributed by atoms with Crippen molar-refractivity contribution in [3.8, 4) is 10.6 Å². The van der Waals surface area contributed by atoms with Gasteiger partial charge in [0.15, 0.2) is 5.01 Å². The molecule has 2 rings (SSSR count). The van der Waals surface area contributed by atoms with E-state index in [9.17, 15) is 4.39 Å². The Hall–Kier alpha value is -0.850. The first-order valence-electron chi connectivity index (χ1n) is 5.19. The molecular weight excluding hydrogens is 305 g/mol. The molecule has 1 aromatic carbocycles. The van der Waals surface area contributed by atoms with Crippen molar-refractivity contribution in [2.75, 3.05) is 6.54 Å². The number of hydrogen-bond donors (Lipinski definition) is 1. The van der Waals surface area contributed by atoms with Crippen LogP contribution in [0.1, 0.15) is 11.4 Å². The quantitative estimate of drug-likeness (QED) is 0.943. The van der Waals surface area contributed by atoms with Crippen LogP contribution in [-0.4, -0.2) is 16.7 Å². The highest BCUT2D eigenvalue weighted by molar-refractivity contribution is 9.10. The van der Waals surface area contributed by atoms with Crippen LogP contribution in [0.5, 0.6) is 0 Å². The summed E-state index contributed by atoms with van der Waals surface area (Å²) in [5.41, 5.74) is 5.91. The minimum atomic E-state index is -0.291.